The molecule has 1 heterocycles. The second-order valence-corrected chi connectivity index (χ2v) is 2.40. The lowest BCUT2D eigenvalue weighted by Gasteiger charge is -1.86. The first-order valence-electron chi connectivity index (χ1n) is 2.65. The second kappa shape index (κ2) is 2.84. The van der Waals surface area contributed by atoms with E-state index in [4.69, 9.17) is 4.42 Å². The van der Waals surface area contributed by atoms with Gasteiger partial charge >= 0.3 is 0 Å². The predicted octanol–water partition coefficient (Wildman–Crippen LogP) is 2.41. The molecular formula is C7H5BrO2. The molecule has 2 nitrogen and oxygen atoms in total. The summed E-state index contributed by atoms with van der Waals surface area (Å²) in [5, 5.41) is 0. The molecule has 3 heteroatoms. The van der Waals surface area contributed by atoms with Crippen LogP contribution in [0.1, 0.15) is 10.4 Å². The van der Waals surface area contributed by atoms with E-state index in [9.17, 15) is 4.79 Å². The number of hydrogen-bond acceptors (Lipinski definition) is 2. The van der Waals surface area contributed by atoms with Crippen LogP contribution in [0, 0.1) is 0 Å². The Hall–Kier alpha value is -0.830. The van der Waals surface area contributed by atoms with Crippen LogP contribution < -0.4 is 0 Å². The quantitative estimate of drug-likeness (QED) is 0.543. The van der Waals surface area contributed by atoms with Crippen LogP contribution in [0.3, 0.4) is 0 Å². The first-order chi connectivity index (χ1) is 4.75. The highest BCUT2D eigenvalue weighted by atomic mass is 79.9. The van der Waals surface area contributed by atoms with E-state index in [2.05, 4.69) is 22.5 Å². The van der Waals surface area contributed by atoms with Crippen molar-refractivity contribution in [1.82, 2.24) is 0 Å². The normalized spacial score (nSPS) is 9.30. The van der Waals surface area contributed by atoms with Crippen molar-refractivity contribution in [1.29, 1.82) is 0 Å². The van der Waals surface area contributed by atoms with Gasteiger partial charge in [-0.1, -0.05) is 6.58 Å². The number of carbonyl (C=O) groups is 1. The minimum atomic E-state index is -0.138. The molecule has 0 bridgehead atoms. The number of ketones is 1. The van der Waals surface area contributed by atoms with E-state index < -0.39 is 0 Å². The van der Waals surface area contributed by atoms with E-state index in [1.807, 2.05) is 0 Å². The minimum Gasteiger partial charge on any atom is -0.457 e. The fraction of sp³-hybridized carbons (Fsp3) is 0. The molecule has 10 heavy (non-hydrogen) atoms. The lowest BCUT2D eigenvalue weighted by atomic mass is 10.2. The van der Waals surface area contributed by atoms with Gasteiger partial charge in [0.25, 0.3) is 0 Å². The van der Waals surface area contributed by atoms with Crippen LogP contribution in [-0.2, 0) is 0 Å². The van der Waals surface area contributed by atoms with Crippen LogP contribution in [0.25, 0.3) is 0 Å². The Kier molecular flexibility index (Phi) is 2.06. The van der Waals surface area contributed by atoms with Gasteiger partial charge in [-0.15, -0.1) is 0 Å². The summed E-state index contributed by atoms with van der Waals surface area (Å²) in [6, 6.07) is 1.59. The third-order valence-corrected chi connectivity index (χ3v) is 1.68. The number of furan rings is 1. The third kappa shape index (κ3) is 1.19. The summed E-state index contributed by atoms with van der Waals surface area (Å²) in [5.41, 5.74) is 0.509. The highest BCUT2D eigenvalue weighted by Gasteiger charge is 2.07. The Morgan fingerprint density at radius 1 is 1.80 bits per heavy atom. The molecule has 0 N–H and O–H groups in total. The predicted molar refractivity (Wildman–Crippen MR) is 40.9 cm³/mol. The van der Waals surface area contributed by atoms with Crippen LogP contribution in [0.15, 0.2) is 34.1 Å². The Bertz CT molecular complexity index is 262. The maximum Gasteiger partial charge on any atom is 0.189 e. The average Bonchev–Trinajstić information content (AvgIpc) is 2.34. The molecular weight excluding hydrogens is 196 g/mol. The first kappa shape index (κ1) is 7.28. The van der Waals surface area contributed by atoms with Gasteiger partial charge in [-0.3, -0.25) is 4.79 Å². The molecule has 0 radical (unpaired) electrons. The van der Waals surface area contributed by atoms with Crippen molar-refractivity contribution in [2.24, 2.45) is 0 Å². The van der Waals surface area contributed by atoms with Crippen molar-refractivity contribution in [3.63, 3.8) is 0 Å². The highest BCUT2D eigenvalue weighted by Crippen LogP contribution is 2.17. The topological polar surface area (TPSA) is 30.2 Å². The summed E-state index contributed by atoms with van der Waals surface area (Å²) in [7, 11) is 0. The maximum absolute atomic E-state index is 10.9. The summed E-state index contributed by atoms with van der Waals surface area (Å²) < 4.78 is 5.29. The summed E-state index contributed by atoms with van der Waals surface area (Å²) in [4.78, 5) is 10.9. The zero-order valence-corrected chi connectivity index (χ0v) is 6.72. The van der Waals surface area contributed by atoms with Crippen molar-refractivity contribution in [3.8, 4) is 0 Å². The van der Waals surface area contributed by atoms with Gasteiger partial charge < -0.3 is 4.42 Å². The highest BCUT2D eigenvalue weighted by molar-refractivity contribution is 9.10. The smallest absolute Gasteiger partial charge is 0.189 e. The maximum atomic E-state index is 10.9. The van der Waals surface area contributed by atoms with Gasteiger partial charge in [0, 0.05) is 0 Å². The van der Waals surface area contributed by atoms with E-state index in [1.165, 1.54) is 12.3 Å². The molecule has 0 amide bonds. The summed E-state index contributed by atoms with van der Waals surface area (Å²) in [5.74, 6) is -0.138. The van der Waals surface area contributed by atoms with E-state index in [1.54, 1.807) is 6.07 Å². The van der Waals surface area contributed by atoms with E-state index >= 15 is 0 Å². The van der Waals surface area contributed by atoms with Gasteiger partial charge in [-0.25, -0.2) is 0 Å². The lowest BCUT2D eigenvalue weighted by molar-refractivity contribution is 0.104. The largest absolute Gasteiger partial charge is 0.457 e. The van der Waals surface area contributed by atoms with Crippen LogP contribution in [0.2, 0.25) is 0 Å². The average molecular weight is 201 g/mol. The van der Waals surface area contributed by atoms with E-state index in [0.29, 0.717) is 10.2 Å². The SMILES string of the molecule is C=CC(=O)c1ccoc1Br. The van der Waals surface area contributed by atoms with Crippen molar-refractivity contribution in [2.75, 3.05) is 0 Å². The zero-order chi connectivity index (χ0) is 7.56. The molecule has 0 aliphatic rings. The van der Waals surface area contributed by atoms with Crippen LogP contribution in [0.5, 0.6) is 0 Å². The Morgan fingerprint density at radius 3 is 2.90 bits per heavy atom. The van der Waals surface area contributed by atoms with Crippen molar-refractivity contribution >= 4 is 21.7 Å². The fourth-order valence-corrected chi connectivity index (χ4v) is 1.02. The fourth-order valence-electron chi connectivity index (χ4n) is 0.580. The van der Waals surface area contributed by atoms with Gasteiger partial charge in [0.05, 0.1) is 11.8 Å². The molecule has 0 aliphatic carbocycles. The molecule has 0 fully saturated rings. The molecule has 0 aromatic carbocycles. The molecule has 1 aromatic heterocycles. The molecule has 0 atom stereocenters. The zero-order valence-electron chi connectivity index (χ0n) is 5.13. The van der Waals surface area contributed by atoms with Gasteiger partial charge in [0.15, 0.2) is 10.5 Å². The van der Waals surface area contributed by atoms with Gasteiger partial charge in [0.2, 0.25) is 0 Å². The summed E-state index contributed by atoms with van der Waals surface area (Å²) >= 11 is 3.07. The Balaban J connectivity index is 3.04. The Morgan fingerprint density at radius 2 is 2.50 bits per heavy atom. The molecule has 0 spiro atoms. The molecule has 1 aromatic rings. The standard InChI is InChI=1S/C7H5BrO2/c1-2-6(9)5-3-4-10-7(5)8/h2-4H,1H2. The number of halogens is 1. The molecule has 0 aliphatic heterocycles. The molecule has 0 unspecified atom stereocenters. The van der Waals surface area contributed by atoms with Crippen molar-refractivity contribution in [2.45, 2.75) is 0 Å². The van der Waals surface area contributed by atoms with Gasteiger partial charge in [0.1, 0.15) is 0 Å². The number of allylic oxidation sites excluding steroid dienone is 1. The van der Waals surface area contributed by atoms with Gasteiger partial charge in [-0.2, -0.15) is 0 Å². The molecule has 52 valence electrons. The number of hydrogen-bond donors (Lipinski definition) is 0. The van der Waals surface area contributed by atoms with Crippen LogP contribution >= 0.6 is 15.9 Å². The first-order valence-corrected chi connectivity index (χ1v) is 3.44. The van der Waals surface area contributed by atoms with Crippen molar-refractivity contribution < 1.29 is 9.21 Å². The molecule has 1 rings (SSSR count). The molecule has 0 saturated heterocycles. The van der Waals surface area contributed by atoms with Crippen LogP contribution in [0.4, 0.5) is 0 Å². The summed E-state index contributed by atoms with van der Waals surface area (Å²) in [6.45, 7) is 3.35. The third-order valence-electron chi connectivity index (χ3n) is 1.07. The van der Waals surface area contributed by atoms with Crippen LogP contribution in [-0.4, -0.2) is 5.78 Å². The van der Waals surface area contributed by atoms with E-state index in [0.717, 1.165) is 0 Å². The van der Waals surface area contributed by atoms with E-state index in [-0.39, 0.29) is 5.78 Å². The van der Waals surface area contributed by atoms with Gasteiger partial charge in [-0.05, 0) is 28.1 Å². The minimum absolute atomic E-state index is 0.138. The monoisotopic (exact) mass is 200 g/mol. The van der Waals surface area contributed by atoms with Crippen molar-refractivity contribution in [3.05, 3.63) is 35.2 Å². The Labute approximate surface area is 66.7 Å². The molecule has 0 saturated carbocycles. The number of carbonyl (C=O) groups excluding carboxylic acids is 1. The summed E-state index contributed by atoms with van der Waals surface area (Å²) in [6.07, 6.45) is 2.69. The lowest BCUT2D eigenvalue weighted by Crippen LogP contribution is -1.90. The second-order valence-electron chi connectivity index (χ2n) is 1.68. The number of rotatable bonds is 2.